The third kappa shape index (κ3) is 3.19. The number of pyridine rings is 1. The summed E-state index contributed by atoms with van der Waals surface area (Å²) in [6.07, 6.45) is 0. The first-order valence-electron chi connectivity index (χ1n) is 6.42. The monoisotopic (exact) mass is 254 g/mol. The Labute approximate surface area is 113 Å². The molecule has 0 unspecified atom stereocenters. The summed E-state index contributed by atoms with van der Waals surface area (Å²) in [7, 11) is 0. The lowest BCUT2D eigenvalue weighted by molar-refractivity contribution is 0.102. The molecular weight excluding hydrogens is 236 g/mol. The minimum Gasteiger partial charge on any atom is -0.320 e. The number of benzene rings is 1. The van der Waals surface area contributed by atoms with Gasteiger partial charge in [0.25, 0.3) is 5.91 Å². The van der Waals surface area contributed by atoms with E-state index < -0.39 is 0 Å². The first-order chi connectivity index (χ1) is 9.08. The normalized spacial score (nSPS) is 10.5. The molecule has 0 radical (unpaired) electrons. The zero-order chi connectivity index (χ0) is 13.8. The topological polar surface area (TPSA) is 42.0 Å². The molecule has 19 heavy (non-hydrogen) atoms. The fraction of sp³-hybridized carbons (Fsp3) is 0.250. The summed E-state index contributed by atoms with van der Waals surface area (Å²) in [4.78, 5) is 16.4. The predicted molar refractivity (Wildman–Crippen MR) is 77.5 cm³/mol. The van der Waals surface area contributed by atoms with Gasteiger partial charge in [-0.15, -0.1) is 0 Å². The van der Waals surface area contributed by atoms with Crippen LogP contribution in [-0.4, -0.2) is 10.9 Å². The minimum atomic E-state index is -0.170. The third-order valence-electron chi connectivity index (χ3n) is 2.95. The van der Waals surface area contributed by atoms with E-state index in [0.29, 0.717) is 11.6 Å². The molecule has 0 aliphatic carbocycles. The van der Waals surface area contributed by atoms with Crippen molar-refractivity contribution in [3.8, 4) is 0 Å². The van der Waals surface area contributed by atoms with Crippen LogP contribution in [0.4, 0.5) is 5.69 Å². The van der Waals surface area contributed by atoms with Crippen molar-refractivity contribution in [3.63, 3.8) is 0 Å². The quantitative estimate of drug-likeness (QED) is 0.906. The molecule has 1 N–H and O–H groups in total. The van der Waals surface area contributed by atoms with Crippen molar-refractivity contribution in [3.05, 3.63) is 59.4 Å². The van der Waals surface area contributed by atoms with Gasteiger partial charge in [-0.25, -0.2) is 4.98 Å². The number of nitrogens with zero attached hydrogens (tertiary/aromatic N) is 1. The number of aromatic nitrogens is 1. The summed E-state index contributed by atoms with van der Waals surface area (Å²) in [5.74, 6) is 0.193. The largest absolute Gasteiger partial charge is 0.320 e. The molecule has 3 nitrogen and oxygen atoms in total. The van der Waals surface area contributed by atoms with Gasteiger partial charge in [0.05, 0.1) is 0 Å². The molecule has 2 aromatic rings. The molecule has 3 heteroatoms. The molecule has 1 aromatic heterocycles. The van der Waals surface area contributed by atoms with Crippen LogP contribution in [0.5, 0.6) is 0 Å². The van der Waals surface area contributed by atoms with Crippen molar-refractivity contribution in [2.75, 3.05) is 5.32 Å². The minimum absolute atomic E-state index is 0.170. The number of aryl methyl sites for hydroxylation is 1. The van der Waals surface area contributed by atoms with E-state index in [1.807, 2.05) is 43.3 Å². The van der Waals surface area contributed by atoms with E-state index in [-0.39, 0.29) is 5.91 Å². The maximum Gasteiger partial charge on any atom is 0.274 e. The standard InChI is InChI=1S/C16H18N2O/c1-11(2)13-8-4-5-9-14(13)18-16(19)15-10-6-7-12(3)17-15/h4-11H,1-3H3,(H,18,19). The van der Waals surface area contributed by atoms with Gasteiger partial charge >= 0.3 is 0 Å². The summed E-state index contributed by atoms with van der Waals surface area (Å²) in [5, 5.41) is 2.93. The number of anilines is 1. The van der Waals surface area contributed by atoms with E-state index in [1.54, 1.807) is 6.07 Å². The van der Waals surface area contributed by atoms with Crippen molar-refractivity contribution >= 4 is 11.6 Å². The van der Waals surface area contributed by atoms with Gasteiger partial charge in [-0.2, -0.15) is 0 Å². The zero-order valence-corrected chi connectivity index (χ0v) is 11.5. The lowest BCUT2D eigenvalue weighted by atomic mass is 10.0. The Morgan fingerprint density at radius 2 is 1.84 bits per heavy atom. The molecule has 0 aliphatic heterocycles. The van der Waals surface area contributed by atoms with Gasteiger partial charge < -0.3 is 5.32 Å². The molecule has 0 atom stereocenters. The molecule has 0 spiro atoms. The van der Waals surface area contributed by atoms with Gasteiger partial charge in [-0.3, -0.25) is 4.79 Å². The van der Waals surface area contributed by atoms with Crippen molar-refractivity contribution in [1.82, 2.24) is 4.98 Å². The molecule has 2 rings (SSSR count). The van der Waals surface area contributed by atoms with Crippen LogP contribution in [0.3, 0.4) is 0 Å². The van der Waals surface area contributed by atoms with E-state index in [9.17, 15) is 4.79 Å². The molecule has 0 fully saturated rings. The number of carbonyl (C=O) groups is 1. The lowest BCUT2D eigenvalue weighted by Crippen LogP contribution is -2.15. The van der Waals surface area contributed by atoms with Gasteiger partial charge in [0.15, 0.2) is 0 Å². The van der Waals surface area contributed by atoms with E-state index in [1.165, 1.54) is 0 Å². The van der Waals surface area contributed by atoms with Gasteiger partial charge in [-0.1, -0.05) is 38.1 Å². The van der Waals surface area contributed by atoms with Crippen LogP contribution in [0.1, 0.15) is 41.5 Å². The predicted octanol–water partition coefficient (Wildman–Crippen LogP) is 3.77. The summed E-state index contributed by atoms with van der Waals surface area (Å²) < 4.78 is 0. The fourth-order valence-corrected chi connectivity index (χ4v) is 1.97. The Kier molecular flexibility index (Phi) is 3.95. The molecular formula is C16H18N2O. The third-order valence-corrected chi connectivity index (χ3v) is 2.95. The molecule has 1 amide bonds. The second-order valence-corrected chi connectivity index (χ2v) is 4.86. The molecule has 1 aromatic carbocycles. The Morgan fingerprint density at radius 1 is 1.11 bits per heavy atom. The number of para-hydroxylation sites is 1. The first kappa shape index (κ1) is 13.3. The zero-order valence-electron chi connectivity index (χ0n) is 11.5. The van der Waals surface area contributed by atoms with Gasteiger partial charge in [0, 0.05) is 11.4 Å². The van der Waals surface area contributed by atoms with E-state index in [0.717, 1.165) is 16.9 Å². The average Bonchev–Trinajstić information content (AvgIpc) is 2.39. The van der Waals surface area contributed by atoms with Crippen LogP contribution < -0.4 is 5.32 Å². The summed E-state index contributed by atoms with van der Waals surface area (Å²) in [5.41, 5.74) is 3.26. The highest BCUT2D eigenvalue weighted by Crippen LogP contribution is 2.23. The molecule has 0 saturated carbocycles. The summed E-state index contributed by atoms with van der Waals surface area (Å²) in [6.45, 7) is 6.09. The second kappa shape index (κ2) is 5.65. The fourth-order valence-electron chi connectivity index (χ4n) is 1.97. The van der Waals surface area contributed by atoms with Crippen molar-refractivity contribution in [2.45, 2.75) is 26.7 Å². The lowest BCUT2D eigenvalue weighted by Gasteiger charge is -2.13. The number of rotatable bonds is 3. The molecule has 0 saturated heterocycles. The number of nitrogens with one attached hydrogen (secondary N) is 1. The van der Waals surface area contributed by atoms with Crippen molar-refractivity contribution in [1.29, 1.82) is 0 Å². The van der Waals surface area contributed by atoms with Crippen LogP contribution >= 0.6 is 0 Å². The van der Waals surface area contributed by atoms with Gasteiger partial charge in [0.2, 0.25) is 0 Å². The van der Waals surface area contributed by atoms with Crippen molar-refractivity contribution < 1.29 is 4.79 Å². The molecule has 98 valence electrons. The first-order valence-corrected chi connectivity index (χ1v) is 6.42. The van der Waals surface area contributed by atoms with E-state index in [2.05, 4.69) is 24.1 Å². The average molecular weight is 254 g/mol. The van der Waals surface area contributed by atoms with Gasteiger partial charge in [-0.05, 0) is 36.6 Å². The number of hydrogen-bond acceptors (Lipinski definition) is 2. The number of carbonyl (C=O) groups excluding carboxylic acids is 1. The van der Waals surface area contributed by atoms with Crippen LogP contribution in [0.25, 0.3) is 0 Å². The van der Waals surface area contributed by atoms with Crippen LogP contribution in [0.2, 0.25) is 0 Å². The SMILES string of the molecule is Cc1cccc(C(=O)Nc2ccccc2C(C)C)n1. The maximum atomic E-state index is 12.2. The Balaban J connectivity index is 2.24. The Morgan fingerprint density at radius 3 is 2.53 bits per heavy atom. The number of hydrogen-bond donors (Lipinski definition) is 1. The highest BCUT2D eigenvalue weighted by molar-refractivity contribution is 6.03. The summed E-state index contributed by atoms with van der Waals surface area (Å²) >= 11 is 0. The van der Waals surface area contributed by atoms with Crippen molar-refractivity contribution in [2.24, 2.45) is 0 Å². The van der Waals surface area contributed by atoms with E-state index in [4.69, 9.17) is 0 Å². The molecule has 0 aliphatic rings. The Hall–Kier alpha value is -2.16. The van der Waals surface area contributed by atoms with Crippen LogP contribution in [0, 0.1) is 6.92 Å². The van der Waals surface area contributed by atoms with E-state index >= 15 is 0 Å². The summed E-state index contributed by atoms with van der Waals surface area (Å²) in [6, 6.07) is 13.3. The second-order valence-electron chi connectivity index (χ2n) is 4.86. The molecule has 0 bridgehead atoms. The number of amides is 1. The van der Waals surface area contributed by atoms with Crippen LogP contribution in [-0.2, 0) is 0 Å². The Bertz CT molecular complexity index is 591. The van der Waals surface area contributed by atoms with Crippen LogP contribution in [0.15, 0.2) is 42.5 Å². The molecule has 1 heterocycles. The highest BCUT2D eigenvalue weighted by atomic mass is 16.1. The highest BCUT2D eigenvalue weighted by Gasteiger charge is 2.11. The maximum absolute atomic E-state index is 12.2. The smallest absolute Gasteiger partial charge is 0.274 e. The van der Waals surface area contributed by atoms with Gasteiger partial charge in [0.1, 0.15) is 5.69 Å².